The van der Waals surface area contributed by atoms with Crippen LogP contribution in [-0.2, 0) is 9.53 Å². The Labute approximate surface area is 84.8 Å². The number of aliphatic hydroxyl groups excluding tert-OH is 1. The van der Waals surface area contributed by atoms with Gasteiger partial charge in [0.2, 0.25) is 5.91 Å². The third-order valence-corrected chi connectivity index (χ3v) is 3.16. The van der Waals surface area contributed by atoms with Gasteiger partial charge < -0.3 is 14.7 Å². The first-order chi connectivity index (χ1) is 6.54. The topological polar surface area (TPSA) is 49.8 Å². The van der Waals surface area contributed by atoms with Gasteiger partial charge in [0, 0.05) is 38.1 Å². The second-order valence-corrected chi connectivity index (χ2v) is 4.28. The van der Waals surface area contributed by atoms with Crippen LogP contribution in [0.2, 0.25) is 0 Å². The molecule has 1 amide bonds. The summed E-state index contributed by atoms with van der Waals surface area (Å²) >= 11 is 0. The largest absolute Gasteiger partial charge is 0.396 e. The van der Waals surface area contributed by atoms with Crippen LogP contribution in [0.25, 0.3) is 0 Å². The van der Waals surface area contributed by atoms with Crippen molar-refractivity contribution in [2.24, 2.45) is 5.92 Å². The van der Waals surface area contributed by atoms with E-state index in [1.807, 2.05) is 13.8 Å². The number of hydrogen-bond acceptors (Lipinski definition) is 3. The zero-order chi connectivity index (χ0) is 10.8. The number of ether oxygens (including phenoxy) is 1. The Hall–Kier alpha value is -0.610. The highest BCUT2D eigenvalue weighted by molar-refractivity contribution is 5.80. The monoisotopic (exact) mass is 201 g/mol. The van der Waals surface area contributed by atoms with Gasteiger partial charge in [-0.25, -0.2) is 0 Å². The Morgan fingerprint density at radius 3 is 2.71 bits per heavy atom. The van der Waals surface area contributed by atoms with Gasteiger partial charge in [-0.1, -0.05) is 0 Å². The molecule has 0 radical (unpaired) electrons. The maximum Gasteiger partial charge on any atom is 0.223 e. The minimum absolute atomic E-state index is 0.0480. The Balaban J connectivity index is 2.68. The minimum atomic E-state index is -0.246. The van der Waals surface area contributed by atoms with Gasteiger partial charge in [0.05, 0.1) is 6.61 Å². The van der Waals surface area contributed by atoms with Gasteiger partial charge in [-0.2, -0.15) is 0 Å². The van der Waals surface area contributed by atoms with E-state index in [4.69, 9.17) is 9.84 Å². The summed E-state index contributed by atoms with van der Waals surface area (Å²) in [5.41, 5.74) is -0.246. The highest BCUT2D eigenvalue weighted by atomic mass is 16.5. The number of hydrogen-bond donors (Lipinski definition) is 1. The van der Waals surface area contributed by atoms with E-state index >= 15 is 0 Å². The summed E-state index contributed by atoms with van der Waals surface area (Å²) in [6.07, 6.45) is 0.452. The number of likely N-dealkylation sites (tertiary alicyclic amines) is 1. The van der Waals surface area contributed by atoms with E-state index in [9.17, 15) is 4.79 Å². The summed E-state index contributed by atoms with van der Waals surface area (Å²) in [6, 6.07) is 0. The summed E-state index contributed by atoms with van der Waals surface area (Å²) < 4.78 is 4.96. The maximum atomic E-state index is 11.6. The van der Waals surface area contributed by atoms with E-state index in [1.54, 1.807) is 12.0 Å². The molecule has 1 unspecified atom stereocenters. The first kappa shape index (κ1) is 11.5. The van der Waals surface area contributed by atoms with Crippen molar-refractivity contribution in [2.75, 3.05) is 26.9 Å². The van der Waals surface area contributed by atoms with Crippen molar-refractivity contribution in [2.45, 2.75) is 25.8 Å². The van der Waals surface area contributed by atoms with Gasteiger partial charge in [0.1, 0.15) is 0 Å². The summed E-state index contributed by atoms with van der Waals surface area (Å²) in [5, 5.41) is 9.15. The van der Waals surface area contributed by atoms with E-state index in [2.05, 4.69) is 0 Å². The van der Waals surface area contributed by atoms with Crippen molar-refractivity contribution in [3.8, 4) is 0 Å². The van der Waals surface area contributed by atoms with Gasteiger partial charge in [-0.3, -0.25) is 4.79 Å². The fourth-order valence-corrected chi connectivity index (χ4v) is 2.00. The van der Waals surface area contributed by atoms with Crippen molar-refractivity contribution in [1.82, 2.24) is 4.90 Å². The van der Waals surface area contributed by atoms with Crippen LogP contribution in [0.15, 0.2) is 0 Å². The fraction of sp³-hybridized carbons (Fsp3) is 0.900. The quantitative estimate of drug-likeness (QED) is 0.709. The number of methoxy groups -OCH3 is 1. The van der Waals surface area contributed by atoms with Crippen LogP contribution in [0, 0.1) is 5.92 Å². The zero-order valence-electron chi connectivity index (χ0n) is 9.12. The molecule has 4 nitrogen and oxygen atoms in total. The van der Waals surface area contributed by atoms with Gasteiger partial charge in [-0.05, 0) is 13.8 Å². The van der Waals surface area contributed by atoms with Crippen LogP contribution in [0.1, 0.15) is 20.3 Å². The third-order valence-electron chi connectivity index (χ3n) is 3.16. The lowest BCUT2D eigenvalue weighted by molar-refractivity contribution is -0.131. The number of amides is 1. The minimum Gasteiger partial charge on any atom is -0.396 e. The molecule has 14 heavy (non-hydrogen) atoms. The molecular weight excluding hydrogens is 182 g/mol. The van der Waals surface area contributed by atoms with Gasteiger partial charge in [-0.15, -0.1) is 0 Å². The van der Waals surface area contributed by atoms with Crippen LogP contribution in [0.3, 0.4) is 0 Å². The second-order valence-electron chi connectivity index (χ2n) is 4.28. The van der Waals surface area contributed by atoms with Crippen LogP contribution in [-0.4, -0.2) is 48.3 Å². The molecule has 0 spiro atoms. The molecule has 1 aliphatic rings. The first-order valence-corrected chi connectivity index (χ1v) is 4.94. The molecule has 0 aromatic heterocycles. The molecule has 1 heterocycles. The summed E-state index contributed by atoms with van der Waals surface area (Å²) in [7, 11) is 1.62. The van der Waals surface area contributed by atoms with Crippen molar-refractivity contribution >= 4 is 5.91 Å². The molecule has 0 aromatic carbocycles. The number of aliphatic hydroxyl groups is 1. The van der Waals surface area contributed by atoms with E-state index in [0.717, 1.165) is 0 Å². The van der Waals surface area contributed by atoms with E-state index in [0.29, 0.717) is 19.6 Å². The summed E-state index contributed by atoms with van der Waals surface area (Å²) in [5.74, 6) is 0.165. The van der Waals surface area contributed by atoms with Gasteiger partial charge in [0.25, 0.3) is 0 Å². The fourth-order valence-electron chi connectivity index (χ4n) is 2.00. The molecular formula is C10H19NO3. The maximum absolute atomic E-state index is 11.6. The molecule has 1 N–H and O–H groups in total. The third kappa shape index (κ3) is 1.91. The van der Waals surface area contributed by atoms with Crippen LogP contribution in [0.5, 0.6) is 0 Å². The smallest absolute Gasteiger partial charge is 0.223 e. The van der Waals surface area contributed by atoms with Crippen molar-refractivity contribution in [3.63, 3.8) is 0 Å². The normalized spacial score (nSPS) is 25.9. The lowest BCUT2D eigenvalue weighted by Crippen LogP contribution is -2.46. The highest BCUT2D eigenvalue weighted by Gasteiger charge is 2.45. The number of carbonyl (C=O) groups excluding carboxylic acids is 1. The molecule has 82 valence electrons. The lowest BCUT2D eigenvalue weighted by atomic mass is 9.89. The number of rotatable bonds is 4. The molecule has 0 aromatic rings. The molecule has 0 saturated carbocycles. The van der Waals surface area contributed by atoms with Crippen molar-refractivity contribution in [1.29, 1.82) is 0 Å². The molecule has 0 aliphatic carbocycles. The van der Waals surface area contributed by atoms with Gasteiger partial charge in [0.15, 0.2) is 0 Å². The summed E-state index contributed by atoms with van der Waals surface area (Å²) in [4.78, 5) is 13.4. The summed E-state index contributed by atoms with van der Waals surface area (Å²) in [6.45, 7) is 5.22. The predicted octanol–water partition coefficient (Wildman–Crippen LogP) is 0.252. The first-order valence-electron chi connectivity index (χ1n) is 4.94. The van der Waals surface area contributed by atoms with Gasteiger partial charge >= 0.3 is 0 Å². The Bertz CT molecular complexity index is 215. The Morgan fingerprint density at radius 2 is 2.29 bits per heavy atom. The number of carbonyl (C=O) groups is 1. The predicted molar refractivity (Wildman–Crippen MR) is 52.9 cm³/mol. The molecule has 1 saturated heterocycles. The highest BCUT2D eigenvalue weighted by Crippen LogP contribution is 2.34. The van der Waals surface area contributed by atoms with E-state index in [1.165, 1.54) is 0 Å². The van der Waals surface area contributed by atoms with Crippen molar-refractivity contribution in [3.05, 3.63) is 0 Å². The Kier molecular flexibility index (Phi) is 3.50. The second kappa shape index (κ2) is 4.28. The molecule has 4 heteroatoms. The average Bonchev–Trinajstić information content (AvgIpc) is 2.34. The number of nitrogens with zero attached hydrogens (tertiary/aromatic N) is 1. The van der Waals surface area contributed by atoms with Crippen LogP contribution < -0.4 is 0 Å². The van der Waals surface area contributed by atoms with Crippen LogP contribution in [0.4, 0.5) is 0 Å². The molecule has 1 aliphatic heterocycles. The van der Waals surface area contributed by atoms with Crippen molar-refractivity contribution < 1.29 is 14.6 Å². The SMILES string of the molecule is COCCN1C(=O)CC(CO)C1(C)C. The average molecular weight is 201 g/mol. The molecule has 0 bridgehead atoms. The molecule has 1 atom stereocenters. The Morgan fingerprint density at radius 1 is 1.64 bits per heavy atom. The zero-order valence-corrected chi connectivity index (χ0v) is 9.12. The lowest BCUT2D eigenvalue weighted by Gasteiger charge is -2.35. The van der Waals surface area contributed by atoms with Crippen LogP contribution >= 0.6 is 0 Å². The van der Waals surface area contributed by atoms with E-state index in [-0.39, 0.29) is 24.0 Å². The molecule has 1 fully saturated rings. The van der Waals surface area contributed by atoms with E-state index < -0.39 is 0 Å². The molecule has 1 rings (SSSR count). The standard InChI is InChI=1S/C10H19NO3/c1-10(2)8(7-12)6-9(13)11(10)4-5-14-3/h8,12H,4-7H2,1-3H3.